The Labute approximate surface area is 172 Å². The Hall–Kier alpha value is -3.65. The van der Waals surface area contributed by atoms with Gasteiger partial charge in [0.1, 0.15) is 0 Å². The number of H-pyrrole nitrogens is 2. The number of nitrogens with two attached hydrogens (primary N) is 1. The summed E-state index contributed by atoms with van der Waals surface area (Å²) in [6, 6.07) is 12.8. The first-order valence-electron chi connectivity index (χ1n) is 9.90. The second-order valence-corrected chi connectivity index (χ2v) is 7.70. The largest absolute Gasteiger partial charge is 0.396 e. The Bertz CT molecular complexity index is 1330. The number of carbonyl (C=O) groups is 1. The predicted molar refractivity (Wildman–Crippen MR) is 117 cm³/mol. The molecule has 0 radical (unpaired) electrons. The highest BCUT2D eigenvalue weighted by atomic mass is 16.2. The number of benzene rings is 2. The Kier molecular flexibility index (Phi) is 4.29. The van der Waals surface area contributed by atoms with Crippen molar-refractivity contribution in [1.29, 1.82) is 0 Å². The van der Waals surface area contributed by atoms with Crippen LogP contribution in [0.2, 0.25) is 0 Å². The van der Waals surface area contributed by atoms with Gasteiger partial charge in [-0.1, -0.05) is 12.1 Å². The van der Waals surface area contributed by atoms with Crippen LogP contribution >= 0.6 is 0 Å². The number of para-hydroxylation sites is 2. The summed E-state index contributed by atoms with van der Waals surface area (Å²) >= 11 is 0. The minimum atomic E-state index is -0.319. The van der Waals surface area contributed by atoms with Crippen LogP contribution in [-0.2, 0) is 0 Å². The van der Waals surface area contributed by atoms with E-state index in [0.29, 0.717) is 46.6 Å². The van der Waals surface area contributed by atoms with Gasteiger partial charge in [-0.05, 0) is 37.4 Å². The second kappa shape index (κ2) is 7.00. The number of nitrogens with one attached hydrogen (secondary N) is 2. The molecule has 1 amide bonds. The van der Waals surface area contributed by atoms with E-state index in [1.807, 2.05) is 29.2 Å². The van der Waals surface area contributed by atoms with Crippen molar-refractivity contribution in [2.75, 3.05) is 39.0 Å². The summed E-state index contributed by atoms with van der Waals surface area (Å²) in [5.74, 6) is 0.00130. The number of hydrogen-bond acceptors (Lipinski definition) is 5. The molecule has 0 saturated carbocycles. The average Bonchev–Trinajstić information content (AvgIpc) is 3.09. The summed E-state index contributed by atoms with van der Waals surface area (Å²) in [6.07, 6.45) is 0. The van der Waals surface area contributed by atoms with Gasteiger partial charge >= 0.3 is 0 Å². The van der Waals surface area contributed by atoms with Gasteiger partial charge in [-0.3, -0.25) is 9.59 Å². The molecule has 0 atom stereocenters. The normalized spacial score (nSPS) is 15.2. The third-order valence-corrected chi connectivity index (χ3v) is 5.71. The highest BCUT2D eigenvalue weighted by molar-refractivity contribution is 6.04. The molecular formula is C22H22N6O2. The number of carbonyl (C=O) groups excluding carboxylic acids is 1. The smallest absolute Gasteiger partial charge is 0.276 e. The number of aromatic nitrogens is 3. The summed E-state index contributed by atoms with van der Waals surface area (Å²) in [5, 5.41) is 0.759. The van der Waals surface area contributed by atoms with Gasteiger partial charge in [0, 0.05) is 42.6 Å². The summed E-state index contributed by atoms with van der Waals surface area (Å²) in [4.78, 5) is 40.1. The fourth-order valence-corrected chi connectivity index (χ4v) is 3.93. The Balaban J connectivity index is 1.55. The topological polar surface area (TPSA) is 111 Å². The Morgan fingerprint density at radius 1 is 1.03 bits per heavy atom. The molecule has 0 bridgehead atoms. The number of aromatic amines is 2. The molecule has 1 saturated heterocycles. The molecule has 0 unspecified atom stereocenters. The Morgan fingerprint density at radius 2 is 1.80 bits per heavy atom. The number of piperazine rings is 1. The first-order valence-corrected chi connectivity index (χ1v) is 9.90. The van der Waals surface area contributed by atoms with Crippen LogP contribution in [0.15, 0.2) is 47.3 Å². The van der Waals surface area contributed by atoms with Crippen molar-refractivity contribution in [1.82, 2.24) is 24.8 Å². The number of amides is 1. The van der Waals surface area contributed by atoms with E-state index < -0.39 is 0 Å². The van der Waals surface area contributed by atoms with Gasteiger partial charge in [-0.25, -0.2) is 4.98 Å². The summed E-state index contributed by atoms with van der Waals surface area (Å²) in [6.45, 7) is 3.15. The van der Waals surface area contributed by atoms with Gasteiger partial charge in [0.2, 0.25) is 0 Å². The molecule has 3 heterocycles. The quantitative estimate of drug-likeness (QED) is 0.475. The maximum atomic E-state index is 12.9. The molecule has 152 valence electrons. The van der Waals surface area contributed by atoms with Crippen molar-refractivity contribution >= 4 is 33.5 Å². The zero-order valence-electron chi connectivity index (χ0n) is 16.6. The highest BCUT2D eigenvalue weighted by Gasteiger charge is 2.22. The maximum absolute atomic E-state index is 12.9. The monoisotopic (exact) mass is 402 g/mol. The molecule has 30 heavy (non-hydrogen) atoms. The second-order valence-electron chi connectivity index (χ2n) is 7.70. The van der Waals surface area contributed by atoms with E-state index in [9.17, 15) is 9.59 Å². The fraction of sp³-hybridized carbons (Fsp3) is 0.227. The lowest BCUT2D eigenvalue weighted by Gasteiger charge is -2.32. The van der Waals surface area contributed by atoms with Crippen LogP contribution in [0.3, 0.4) is 0 Å². The summed E-state index contributed by atoms with van der Waals surface area (Å²) < 4.78 is 0. The third-order valence-electron chi connectivity index (χ3n) is 5.71. The molecule has 1 fully saturated rings. The van der Waals surface area contributed by atoms with E-state index in [1.165, 1.54) is 0 Å². The zero-order chi connectivity index (χ0) is 20.8. The lowest BCUT2D eigenvalue weighted by Crippen LogP contribution is -2.47. The van der Waals surface area contributed by atoms with Gasteiger partial charge in [-0.2, -0.15) is 0 Å². The summed E-state index contributed by atoms with van der Waals surface area (Å²) in [5.41, 5.74) is 9.80. The molecule has 2 aromatic carbocycles. The molecule has 4 N–H and O–H groups in total. The first kappa shape index (κ1) is 18.4. The average molecular weight is 402 g/mol. The van der Waals surface area contributed by atoms with Crippen molar-refractivity contribution in [3.8, 4) is 11.4 Å². The van der Waals surface area contributed by atoms with Gasteiger partial charge in [0.15, 0.2) is 5.69 Å². The number of nitrogens with zero attached hydrogens (tertiary/aromatic N) is 3. The van der Waals surface area contributed by atoms with Crippen molar-refractivity contribution in [3.63, 3.8) is 0 Å². The standard InChI is InChI=1S/C22H22N6O2/c1-27-8-10-28(11-9-27)22(30)13-6-7-14-17(12-13)25-19(18(14)23)20-21(29)26-16-5-3-2-4-15(16)24-20/h2-7,12,25H,8-11,23H2,1H3,(H,26,29). The van der Waals surface area contributed by atoms with Crippen LogP contribution in [0, 0.1) is 0 Å². The molecular weight excluding hydrogens is 380 g/mol. The molecule has 0 aliphatic carbocycles. The van der Waals surface area contributed by atoms with Crippen molar-refractivity contribution in [2.24, 2.45) is 0 Å². The van der Waals surface area contributed by atoms with Crippen LogP contribution in [0.1, 0.15) is 10.4 Å². The van der Waals surface area contributed by atoms with Crippen molar-refractivity contribution < 1.29 is 4.79 Å². The number of anilines is 1. The zero-order valence-corrected chi connectivity index (χ0v) is 16.6. The molecule has 5 rings (SSSR count). The lowest BCUT2D eigenvalue weighted by atomic mass is 10.1. The Morgan fingerprint density at radius 3 is 2.60 bits per heavy atom. The van der Waals surface area contributed by atoms with Crippen LogP contribution in [-0.4, -0.2) is 63.9 Å². The van der Waals surface area contributed by atoms with E-state index in [4.69, 9.17) is 5.73 Å². The first-order chi connectivity index (χ1) is 14.5. The molecule has 2 aromatic heterocycles. The van der Waals surface area contributed by atoms with Gasteiger partial charge in [0.05, 0.1) is 22.4 Å². The fourth-order valence-electron chi connectivity index (χ4n) is 3.93. The molecule has 8 heteroatoms. The SMILES string of the molecule is CN1CCN(C(=O)c2ccc3c(N)c(-c4nc5ccccc5[nH]c4=O)[nH]c3c2)CC1. The van der Waals surface area contributed by atoms with Crippen molar-refractivity contribution in [3.05, 3.63) is 58.4 Å². The van der Waals surface area contributed by atoms with Gasteiger partial charge in [0.25, 0.3) is 11.5 Å². The minimum Gasteiger partial charge on any atom is -0.396 e. The molecule has 1 aliphatic rings. The number of rotatable bonds is 2. The summed E-state index contributed by atoms with van der Waals surface area (Å²) in [7, 11) is 2.06. The lowest BCUT2D eigenvalue weighted by molar-refractivity contribution is 0.0664. The number of nitrogen functional groups attached to an aromatic ring is 1. The number of hydrogen-bond donors (Lipinski definition) is 3. The van der Waals surface area contributed by atoms with E-state index in [1.54, 1.807) is 18.2 Å². The molecule has 1 aliphatic heterocycles. The molecule has 0 spiro atoms. The molecule has 8 nitrogen and oxygen atoms in total. The highest BCUT2D eigenvalue weighted by Crippen LogP contribution is 2.31. The van der Waals surface area contributed by atoms with Gasteiger partial charge < -0.3 is 25.5 Å². The maximum Gasteiger partial charge on any atom is 0.276 e. The van der Waals surface area contributed by atoms with Crippen LogP contribution in [0.5, 0.6) is 0 Å². The van der Waals surface area contributed by atoms with Crippen molar-refractivity contribution in [2.45, 2.75) is 0 Å². The third kappa shape index (κ3) is 3.02. The van der Waals surface area contributed by atoms with E-state index in [-0.39, 0.29) is 17.2 Å². The van der Waals surface area contributed by atoms with Crippen LogP contribution < -0.4 is 11.3 Å². The van der Waals surface area contributed by atoms with Crippen LogP contribution in [0.4, 0.5) is 5.69 Å². The minimum absolute atomic E-state index is 0.00130. The van der Waals surface area contributed by atoms with E-state index >= 15 is 0 Å². The number of fused-ring (bicyclic) bond motifs is 2. The van der Waals surface area contributed by atoms with E-state index in [2.05, 4.69) is 26.9 Å². The van der Waals surface area contributed by atoms with Crippen LogP contribution in [0.25, 0.3) is 33.3 Å². The predicted octanol–water partition coefficient (Wildman–Crippen LogP) is 2.04. The van der Waals surface area contributed by atoms with E-state index in [0.717, 1.165) is 18.5 Å². The number of likely N-dealkylation sites (N-methyl/N-ethyl adjacent to an activating group) is 1. The van der Waals surface area contributed by atoms with Gasteiger partial charge in [-0.15, -0.1) is 0 Å². The molecule has 4 aromatic rings.